The molecule has 1 N–H and O–H groups in total. The maximum Gasteiger partial charge on any atom is 0.267 e. The molecule has 0 saturated carbocycles. The van der Waals surface area contributed by atoms with Gasteiger partial charge in [0.2, 0.25) is 0 Å². The molecule has 3 heterocycles. The van der Waals surface area contributed by atoms with Crippen molar-refractivity contribution in [3.8, 4) is 0 Å². The molecule has 2 aromatic rings. The van der Waals surface area contributed by atoms with Crippen LogP contribution in [0.5, 0.6) is 0 Å². The topological polar surface area (TPSA) is 50.2 Å². The van der Waals surface area contributed by atoms with Crippen molar-refractivity contribution in [1.82, 2.24) is 14.9 Å². The van der Waals surface area contributed by atoms with E-state index in [1.54, 1.807) is 11.6 Å². The van der Waals surface area contributed by atoms with Crippen molar-refractivity contribution < 1.29 is 0 Å². The normalized spacial score (nSPS) is 15.8. The summed E-state index contributed by atoms with van der Waals surface area (Å²) in [6.45, 7) is 5.59. The lowest BCUT2D eigenvalue weighted by atomic mass is 10.2. The van der Waals surface area contributed by atoms with Crippen LogP contribution >= 0.6 is 15.9 Å². The smallest absolute Gasteiger partial charge is 0.267 e. The Morgan fingerprint density at radius 2 is 2.00 bits per heavy atom. The quantitative estimate of drug-likeness (QED) is 0.855. The van der Waals surface area contributed by atoms with Crippen LogP contribution in [-0.4, -0.2) is 35.7 Å². The summed E-state index contributed by atoms with van der Waals surface area (Å²) in [5, 5.41) is 3.33. The highest BCUT2D eigenvalue weighted by atomic mass is 79.9. The van der Waals surface area contributed by atoms with Crippen LogP contribution in [0.4, 0.5) is 5.69 Å². The Kier molecular flexibility index (Phi) is 3.52. The molecule has 1 fully saturated rings. The van der Waals surface area contributed by atoms with E-state index in [4.69, 9.17) is 0 Å². The monoisotopic (exact) mass is 336 g/mol. The molecule has 3 rings (SSSR count). The van der Waals surface area contributed by atoms with Gasteiger partial charge in [0.25, 0.3) is 5.56 Å². The third-order valence-electron chi connectivity index (χ3n) is 3.73. The first kappa shape index (κ1) is 13.6. The van der Waals surface area contributed by atoms with Gasteiger partial charge in [-0.2, -0.15) is 0 Å². The van der Waals surface area contributed by atoms with Gasteiger partial charge in [0, 0.05) is 38.9 Å². The van der Waals surface area contributed by atoms with Gasteiger partial charge in [-0.25, -0.2) is 4.98 Å². The van der Waals surface area contributed by atoms with E-state index in [0.29, 0.717) is 4.47 Å². The van der Waals surface area contributed by atoms with E-state index in [-0.39, 0.29) is 5.56 Å². The molecule has 1 aliphatic heterocycles. The lowest BCUT2D eigenvalue weighted by molar-refractivity contribution is 0.589. The van der Waals surface area contributed by atoms with Crippen molar-refractivity contribution in [3.05, 3.63) is 32.7 Å². The minimum Gasteiger partial charge on any atom is -0.366 e. The molecule has 5 nitrogen and oxygen atoms in total. The van der Waals surface area contributed by atoms with Gasteiger partial charge in [-0.15, -0.1) is 0 Å². The average Bonchev–Trinajstić information content (AvgIpc) is 2.46. The van der Waals surface area contributed by atoms with Crippen LogP contribution in [0.1, 0.15) is 5.69 Å². The maximum absolute atomic E-state index is 12.4. The predicted molar refractivity (Wildman–Crippen MR) is 84.5 cm³/mol. The van der Waals surface area contributed by atoms with Crippen LogP contribution in [0.3, 0.4) is 0 Å². The standard InChI is InChI=1S/C14H17BrN4O/c1-9-3-4-10-12(17-9)13(11(15)14(20)18(10)2)19-7-5-16-6-8-19/h3-4,16H,5-8H2,1-2H3. The van der Waals surface area contributed by atoms with Crippen molar-refractivity contribution in [1.29, 1.82) is 0 Å². The van der Waals surface area contributed by atoms with Crippen LogP contribution in [0.15, 0.2) is 21.4 Å². The van der Waals surface area contributed by atoms with Crippen LogP contribution in [0, 0.1) is 6.92 Å². The number of hydrogen-bond acceptors (Lipinski definition) is 4. The summed E-state index contributed by atoms with van der Waals surface area (Å²) in [5.41, 5.74) is 3.63. The van der Waals surface area contributed by atoms with E-state index in [9.17, 15) is 4.79 Å². The molecule has 0 spiro atoms. The molecule has 1 saturated heterocycles. The van der Waals surface area contributed by atoms with Crippen LogP contribution in [-0.2, 0) is 7.05 Å². The number of hydrogen-bond donors (Lipinski definition) is 1. The second-order valence-corrected chi connectivity index (χ2v) is 5.88. The summed E-state index contributed by atoms with van der Waals surface area (Å²) in [6, 6.07) is 3.91. The van der Waals surface area contributed by atoms with E-state index in [0.717, 1.165) is 48.6 Å². The average molecular weight is 337 g/mol. The van der Waals surface area contributed by atoms with Crippen molar-refractivity contribution in [2.75, 3.05) is 31.1 Å². The summed E-state index contributed by atoms with van der Waals surface area (Å²) in [6.07, 6.45) is 0. The largest absolute Gasteiger partial charge is 0.366 e. The Labute approximate surface area is 125 Å². The summed E-state index contributed by atoms with van der Waals surface area (Å²) in [7, 11) is 1.79. The zero-order valence-electron chi connectivity index (χ0n) is 11.6. The number of anilines is 1. The van der Waals surface area contributed by atoms with Gasteiger partial charge in [-0.05, 0) is 35.0 Å². The number of aryl methyl sites for hydroxylation is 2. The Balaban J connectivity index is 2.33. The van der Waals surface area contributed by atoms with Crippen molar-refractivity contribution in [2.45, 2.75) is 6.92 Å². The second-order valence-electron chi connectivity index (χ2n) is 5.08. The highest BCUT2D eigenvalue weighted by molar-refractivity contribution is 9.10. The van der Waals surface area contributed by atoms with E-state index in [1.807, 2.05) is 19.1 Å². The van der Waals surface area contributed by atoms with Gasteiger partial charge in [0.1, 0.15) is 9.99 Å². The molecule has 0 atom stereocenters. The third kappa shape index (κ3) is 2.13. The molecule has 0 radical (unpaired) electrons. The van der Waals surface area contributed by atoms with Gasteiger partial charge in [0.15, 0.2) is 0 Å². The van der Waals surface area contributed by atoms with E-state index < -0.39 is 0 Å². The lowest BCUT2D eigenvalue weighted by Crippen LogP contribution is -2.44. The summed E-state index contributed by atoms with van der Waals surface area (Å²) in [4.78, 5) is 19.3. The first-order valence-corrected chi connectivity index (χ1v) is 7.50. The molecule has 20 heavy (non-hydrogen) atoms. The number of fused-ring (bicyclic) bond motifs is 1. The molecule has 2 aromatic heterocycles. The van der Waals surface area contributed by atoms with Crippen molar-refractivity contribution in [2.24, 2.45) is 7.05 Å². The maximum atomic E-state index is 12.4. The number of halogens is 1. The van der Waals surface area contributed by atoms with Gasteiger partial charge in [-0.1, -0.05) is 0 Å². The van der Waals surface area contributed by atoms with Crippen LogP contribution < -0.4 is 15.8 Å². The molecule has 0 aromatic carbocycles. The Bertz CT molecular complexity index is 719. The Morgan fingerprint density at radius 3 is 2.70 bits per heavy atom. The zero-order chi connectivity index (χ0) is 14.3. The highest BCUT2D eigenvalue weighted by Gasteiger charge is 2.21. The molecule has 0 aliphatic carbocycles. The Hall–Kier alpha value is -1.40. The fraction of sp³-hybridized carbons (Fsp3) is 0.429. The molecule has 0 amide bonds. The first-order valence-electron chi connectivity index (χ1n) is 6.71. The number of aromatic nitrogens is 2. The number of pyridine rings is 2. The van der Waals surface area contributed by atoms with Crippen LogP contribution in [0.2, 0.25) is 0 Å². The minimum atomic E-state index is -0.0170. The Morgan fingerprint density at radius 1 is 1.30 bits per heavy atom. The highest BCUT2D eigenvalue weighted by Crippen LogP contribution is 2.30. The molecule has 106 valence electrons. The summed E-state index contributed by atoms with van der Waals surface area (Å²) in [5.74, 6) is 0. The second kappa shape index (κ2) is 5.18. The number of nitrogens with one attached hydrogen (secondary N) is 1. The van der Waals surface area contributed by atoms with E-state index in [2.05, 4.69) is 31.1 Å². The molecule has 0 bridgehead atoms. The SMILES string of the molecule is Cc1ccc2c(n1)c(N1CCNCC1)c(Br)c(=O)n2C. The molecular formula is C14H17BrN4O. The zero-order valence-corrected chi connectivity index (χ0v) is 13.2. The van der Waals surface area contributed by atoms with Crippen molar-refractivity contribution in [3.63, 3.8) is 0 Å². The lowest BCUT2D eigenvalue weighted by Gasteiger charge is -2.31. The minimum absolute atomic E-state index is 0.0170. The number of piperazine rings is 1. The van der Waals surface area contributed by atoms with Crippen molar-refractivity contribution >= 4 is 32.7 Å². The van der Waals surface area contributed by atoms with E-state index in [1.165, 1.54) is 0 Å². The van der Waals surface area contributed by atoms with E-state index >= 15 is 0 Å². The summed E-state index contributed by atoms with van der Waals surface area (Å²) < 4.78 is 2.25. The predicted octanol–water partition coefficient (Wildman–Crippen LogP) is 1.41. The molecule has 0 unspecified atom stereocenters. The summed E-state index contributed by atoms with van der Waals surface area (Å²) >= 11 is 3.48. The van der Waals surface area contributed by atoms with Gasteiger partial charge >= 0.3 is 0 Å². The molecule has 6 heteroatoms. The van der Waals surface area contributed by atoms with Crippen LogP contribution in [0.25, 0.3) is 11.0 Å². The van der Waals surface area contributed by atoms with Gasteiger partial charge in [0.05, 0.1) is 11.2 Å². The molecule has 1 aliphatic rings. The fourth-order valence-corrected chi connectivity index (χ4v) is 3.34. The first-order chi connectivity index (χ1) is 9.59. The number of nitrogens with zero attached hydrogens (tertiary/aromatic N) is 3. The van der Waals surface area contributed by atoms with Gasteiger partial charge in [-0.3, -0.25) is 4.79 Å². The number of rotatable bonds is 1. The third-order valence-corrected chi connectivity index (χ3v) is 4.45. The molecular weight excluding hydrogens is 320 g/mol. The fourth-order valence-electron chi connectivity index (χ4n) is 2.63. The van der Waals surface area contributed by atoms with Gasteiger partial charge < -0.3 is 14.8 Å².